The highest BCUT2D eigenvalue weighted by molar-refractivity contribution is 5.54. The Balaban J connectivity index is 2.20. The van der Waals surface area contributed by atoms with Gasteiger partial charge in [-0.2, -0.15) is 0 Å². The molecule has 0 spiro atoms. The molecule has 0 saturated carbocycles. The molecular weight excluding hydrogens is 514 g/mol. The Morgan fingerprint density at radius 1 is 1.05 bits per heavy atom. The highest BCUT2D eigenvalue weighted by atomic mass is 16.7. The van der Waals surface area contributed by atoms with E-state index in [9.17, 15) is 20.4 Å². The number of allylic oxidation sites excluding steroid dienone is 6. The lowest BCUT2D eigenvalue weighted by Gasteiger charge is -2.39. The van der Waals surface area contributed by atoms with Gasteiger partial charge < -0.3 is 39.4 Å². The van der Waals surface area contributed by atoms with Crippen molar-refractivity contribution in [3.8, 4) is 17.4 Å². The first-order valence-corrected chi connectivity index (χ1v) is 13.6. The molecule has 40 heavy (non-hydrogen) atoms. The van der Waals surface area contributed by atoms with Crippen LogP contribution in [-0.4, -0.2) is 76.4 Å². The molecule has 1 aromatic rings. The first kappa shape index (κ1) is 33.5. The Kier molecular flexibility index (Phi) is 12.9. The molecule has 0 bridgehead atoms. The Morgan fingerprint density at radius 2 is 1.73 bits per heavy atom. The summed E-state index contributed by atoms with van der Waals surface area (Å²) in [4.78, 5) is 4.61. The first-order valence-electron chi connectivity index (χ1n) is 13.6. The summed E-state index contributed by atoms with van der Waals surface area (Å²) in [5.41, 5.74) is 4.54. The molecular formula is C31H47NO8. The lowest BCUT2D eigenvalue weighted by atomic mass is 9.96. The third-order valence-corrected chi connectivity index (χ3v) is 7.26. The largest absolute Gasteiger partial charge is 0.489 e. The topological polar surface area (TPSA) is 131 Å². The summed E-state index contributed by atoms with van der Waals surface area (Å²) in [5, 5.41) is 41.0. The van der Waals surface area contributed by atoms with Crippen LogP contribution in [0.4, 0.5) is 0 Å². The smallest absolute Gasteiger partial charge is 0.261 e. The van der Waals surface area contributed by atoms with E-state index in [0.717, 1.165) is 23.1 Å². The van der Waals surface area contributed by atoms with Crippen LogP contribution in [0.5, 0.6) is 17.4 Å². The Hall–Kier alpha value is -2.69. The number of aliphatic hydroxyl groups excluding tert-OH is 4. The molecule has 9 nitrogen and oxygen atoms in total. The van der Waals surface area contributed by atoms with Crippen molar-refractivity contribution in [3.63, 3.8) is 0 Å². The molecule has 1 aliphatic heterocycles. The van der Waals surface area contributed by atoms with Crippen LogP contribution in [0.15, 0.2) is 47.1 Å². The number of methoxy groups -OCH3 is 2. The second-order valence-electron chi connectivity index (χ2n) is 10.5. The lowest BCUT2D eigenvalue weighted by Crippen LogP contribution is -2.58. The summed E-state index contributed by atoms with van der Waals surface area (Å²) in [7, 11) is 2.93. The molecule has 0 aliphatic carbocycles. The molecule has 0 radical (unpaired) electrons. The van der Waals surface area contributed by atoms with Crippen molar-refractivity contribution in [3.05, 3.63) is 58.4 Å². The number of ether oxygens (including phenoxy) is 4. The normalized spacial score (nSPS) is 26.1. The molecule has 224 valence electrons. The van der Waals surface area contributed by atoms with Crippen LogP contribution in [0.1, 0.15) is 59.2 Å². The van der Waals surface area contributed by atoms with Gasteiger partial charge in [0.2, 0.25) is 12.0 Å². The summed E-state index contributed by atoms with van der Waals surface area (Å²) < 4.78 is 22.6. The number of rotatable bonds is 12. The van der Waals surface area contributed by atoms with Gasteiger partial charge in [-0.05, 0) is 53.5 Å². The molecule has 1 aliphatic rings. The van der Waals surface area contributed by atoms with Gasteiger partial charge >= 0.3 is 0 Å². The van der Waals surface area contributed by atoms with Crippen LogP contribution < -0.4 is 14.2 Å². The lowest BCUT2D eigenvalue weighted by molar-refractivity contribution is -0.268. The SMILES string of the molecule is C/C=C(\C)[C@H](O)[C@H](C)/C=C(C)/C=C/C/C(C)=C/Cc1nc(OC)c(OC)c(O[C@@H]2O[C@@H](C)[C@H](O)[C@@H](O)[C@H]2O)c1C. The van der Waals surface area contributed by atoms with Crippen LogP contribution in [0.3, 0.4) is 0 Å². The predicted octanol–water partition coefficient (Wildman–Crippen LogP) is 3.96. The minimum Gasteiger partial charge on any atom is -0.489 e. The predicted molar refractivity (Wildman–Crippen MR) is 155 cm³/mol. The van der Waals surface area contributed by atoms with Crippen LogP contribution in [0.25, 0.3) is 0 Å². The minimum atomic E-state index is -1.47. The Morgan fingerprint density at radius 3 is 2.33 bits per heavy atom. The van der Waals surface area contributed by atoms with Crippen molar-refractivity contribution in [1.82, 2.24) is 4.98 Å². The highest BCUT2D eigenvalue weighted by Crippen LogP contribution is 2.41. The van der Waals surface area contributed by atoms with Crippen LogP contribution in [0, 0.1) is 12.8 Å². The van der Waals surface area contributed by atoms with E-state index >= 15 is 0 Å². The molecule has 2 heterocycles. The fourth-order valence-corrected chi connectivity index (χ4v) is 4.47. The average molecular weight is 562 g/mol. The van der Waals surface area contributed by atoms with Crippen molar-refractivity contribution in [2.45, 2.75) is 98.1 Å². The Bertz CT molecular complexity index is 1110. The van der Waals surface area contributed by atoms with E-state index < -0.39 is 36.8 Å². The van der Waals surface area contributed by atoms with E-state index in [1.165, 1.54) is 14.2 Å². The maximum absolute atomic E-state index is 10.5. The second kappa shape index (κ2) is 15.3. The van der Waals surface area contributed by atoms with Crippen LogP contribution in [0.2, 0.25) is 0 Å². The van der Waals surface area contributed by atoms with Gasteiger partial charge in [-0.25, -0.2) is 4.98 Å². The number of aliphatic hydroxyl groups is 4. The third kappa shape index (κ3) is 8.41. The molecule has 2 rings (SSSR count). The molecule has 0 unspecified atom stereocenters. The fourth-order valence-electron chi connectivity index (χ4n) is 4.47. The molecule has 7 atom stereocenters. The maximum Gasteiger partial charge on any atom is 0.261 e. The van der Waals surface area contributed by atoms with Crippen molar-refractivity contribution in [1.29, 1.82) is 0 Å². The van der Waals surface area contributed by atoms with Crippen molar-refractivity contribution in [2.75, 3.05) is 14.2 Å². The molecule has 1 aromatic heterocycles. The minimum absolute atomic E-state index is 0.0182. The van der Waals surface area contributed by atoms with Gasteiger partial charge in [-0.15, -0.1) is 0 Å². The van der Waals surface area contributed by atoms with Crippen LogP contribution >= 0.6 is 0 Å². The van der Waals surface area contributed by atoms with Gasteiger partial charge in [0, 0.05) is 17.9 Å². The second-order valence-corrected chi connectivity index (χ2v) is 10.5. The zero-order valence-electron chi connectivity index (χ0n) is 25.2. The first-order chi connectivity index (χ1) is 18.9. The summed E-state index contributed by atoms with van der Waals surface area (Å²) in [6, 6.07) is 0. The van der Waals surface area contributed by atoms with Crippen molar-refractivity contribution in [2.24, 2.45) is 5.92 Å². The summed E-state index contributed by atoms with van der Waals surface area (Å²) >= 11 is 0. The number of aromatic nitrogens is 1. The Labute approximate surface area is 238 Å². The van der Waals surface area contributed by atoms with Gasteiger partial charge in [0.05, 0.1) is 32.1 Å². The van der Waals surface area contributed by atoms with Gasteiger partial charge in [0.15, 0.2) is 5.75 Å². The quantitative estimate of drug-likeness (QED) is 0.221. The monoisotopic (exact) mass is 561 g/mol. The molecule has 0 amide bonds. The standard InChI is InChI=1S/C31H47NO8/c1-10-19(4)24(33)20(5)16-18(3)13-11-12-17(2)14-15-23-21(6)28(29(37-8)30(32-23)38-9)40-31-27(36)26(35)25(34)22(7)39-31/h10-11,13-14,16,20,22,24-27,31,33-36H,12,15H2,1-9H3/b13-11+,17-14+,18-16+,19-10+/t20-,22+,24+,25+,26-,27-,31+/m1/s1. The summed E-state index contributed by atoms with van der Waals surface area (Å²) in [5.74, 6) is 0.751. The molecule has 1 saturated heterocycles. The summed E-state index contributed by atoms with van der Waals surface area (Å²) in [6.45, 7) is 13.3. The zero-order chi connectivity index (χ0) is 30.1. The van der Waals surface area contributed by atoms with E-state index in [2.05, 4.69) is 29.3 Å². The van der Waals surface area contributed by atoms with Crippen molar-refractivity contribution < 1.29 is 39.4 Å². The molecule has 4 N–H and O–H groups in total. The van der Waals surface area contributed by atoms with Gasteiger partial charge in [0.25, 0.3) is 5.88 Å². The average Bonchev–Trinajstić information content (AvgIpc) is 2.93. The number of hydrogen-bond acceptors (Lipinski definition) is 9. The van der Waals surface area contributed by atoms with Crippen LogP contribution in [-0.2, 0) is 11.2 Å². The highest BCUT2D eigenvalue weighted by Gasteiger charge is 2.43. The maximum atomic E-state index is 10.5. The van der Waals surface area contributed by atoms with Gasteiger partial charge in [-0.1, -0.05) is 48.5 Å². The molecule has 0 aromatic carbocycles. The van der Waals surface area contributed by atoms with E-state index in [1.54, 1.807) is 6.92 Å². The molecule has 1 fully saturated rings. The van der Waals surface area contributed by atoms with E-state index in [0.29, 0.717) is 17.7 Å². The number of nitrogens with zero attached hydrogens (tertiary/aromatic N) is 1. The fraction of sp³-hybridized carbons (Fsp3) is 0.581. The van der Waals surface area contributed by atoms with Gasteiger partial charge in [0.1, 0.15) is 18.3 Å². The van der Waals surface area contributed by atoms with E-state index in [1.807, 2.05) is 47.6 Å². The van der Waals surface area contributed by atoms with Crippen molar-refractivity contribution >= 4 is 0 Å². The van der Waals surface area contributed by atoms with E-state index in [-0.39, 0.29) is 23.3 Å². The number of pyridine rings is 1. The van der Waals surface area contributed by atoms with Gasteiger partial charge in [-0.3, -0.25) is 0 Å². The summed E-state index contributed by atoms with van der Waals surface area (Å²) in [6.07, 6.45) is 4.85. The molecule has 9 heteroatoms. The number of hydrogen-bond donors (Lipinski definition) is 4. The zero-order valence-corrected chi connectivity index (χ0v) is 25.2. The van der Waals surface area contributed by atoms with E-state index in [4.69, 9.17) is 18.9 Å². The third-order valence-electron chi connectivity index (χ3n) is 7.26.